The summed E-state index contributed by atoms with van der Waals surface area (Å²) in [4.78, 5) is 4.70. The van der Waals surface area contributed by atoms with E-state index < -0.39 is 10.8 Å². The Bertz CT molecular complexity index is 573. The number of thiazole rings is 1. The smallest absolute Gasteiger partial charge is 0.0959 e. The van der Waals surface area contributed by atoms with Crippen molar-refractivity contribution >= 4 is 22.1 Å². The zero-order valence-corrected chi connectivity index (χ0v) is 13.1. The molecule has 1 aliphatic carbocycles. The van der Waals surface area contributed by atoms with Crippen molar-refractivity contribution in [3.05, 3.63) is 52.0 Å². The normalized spacial score (nSPS) is 17.4. The summed E-state index contributed by atoms with van der Waals surface area (Å²) in [6, 6.07) is 10.0. The van der Waals surface area contributed by atoms with Crippen molar-refractivity contribution < 1.29 is 4.21 Å². The number of hydrogen-bond donors (Lipinski definition) is 0. The monoisotopic (exact) mass is 305 g/mol. The molecule has 0 saturated heterocycles. The molecule has 2 aromatic rings. The number of rotatable bonds is 5. The van der Waals surface area contributed by atoms with Crippen LogP contribution in [0.15, 0.2) is 35.7 Å². The lowest BCUT2D eigenvalue weighted by molar-refractivity contribution is 0.681. The number of nitrogens with zero attached hydrogens (tertiary/aromatic N) is 1. The van der Waals surface area contributed by atoms with Crippen molar-refractivity contribution in [2.24, 2.45) is 0 Å². The van der Waals surface area contributed by atoms with Gasteiger partial charge in [0.05, 0.1) is 16.5 Å². The van der Waals surface area contributed by atoms with E-state index in [1.165, 1.54) is 30.7 Å². The third-order valence-corrected chi connectivity index (χ3v) is 6.08. The van der Waals surface area contributed by atoms with E-state index in [9.17, 15) is 4.21 Å². The second kappa shape index (κ2) is 6.64. The van der Waals surface area contributed by atoms with Gasteiger partial charge < -0.3 is 0 Å². The highest BCUT2D eigenvalue weighted by molar-refractivity contribution is 7.83. The van der Waals surface area contributed by atoms with Crippen LogP contribution in [0.25, 0.3) is 0 Å². The van der Waals surface area contributed by atoms with E-state index in [1.807, 2.05) is 30.3 Å². The Balaban J connectivity index is 1.59. The summed E-state index contributed by atoms with van der Waals surface area (Å²) in [5.74, 6) is 1.87. The Hall–Kier alpha value is -1.00. The molecule has 106 valence electrons. The van der Waals surface area contributed by atoms with Crippen LogP contribution in [0.4, 0.5) is 0 Å². The quantitative estimate of drug-likeness (QED) is 0.826. The first-order chi connectivity index (χ1) is 9.81. The Kier molecular flexibility index (Phi) is 4.63. The Labute approximate surface area is 126 Å². The fraction of sp³-hybridized carbons (Fsp3) is 0.438. The highest BCUT2D eigenvalue weighted by Gasteiger charge is 2.20. The van der Waals surface area contributed by atoms with Crippen molar-refractivity contribution in [3.8, 4) is 0 Å². The lowest BCUT2D eigenvalue weighted by Crippen LogP contribution is -2.00. The molecule has 0 radical (unpaired) electrons. The highest BCUT2D eigenvalue weighted by atomic mass is 32.2. The van der Waals surface area contributed by atoms with Crippen molar-refractivity contribution in [3.63, 3.8) is 0 Å². The van der Waals surface area contributed by atoms with Gasteiger partial charge in [-0.05, 0) is 18.4 Å². The predicted octanol–water partition coefficient (Wildman–Crippen LogP) is 4.25. The molecule has 0 spiro atoms. The molecular weight excluding hydrogens is 286 g/mol. The molecule has 1 heterocycles. The fourth-order valence-electron chi connectivity index (χ4n) is 2.73. The molecule has 0 unspecified atom stereocenters. The Morgan fingerprint density at radius 1 is 1.15 bits per heavy atom. The molecule has 4 heteroatoms. The minimum atomic E-state index is -0.866. The zero-order chi connectivity index (χ0) is 13.8. The first-order valence-corrected chi connectivity index (χ1v) is 9.51. The summed E-state index contributed by atoms with van der Waals surface area (Å²) < 4.78 is 12.2. The van der Waals surface area contributed by atoms with Crippen LogP contribution in [0.1, 0.15) is 47.9 Å². The second-order valence-electron chi connectivity index (χ2n) is 5.37. The maximum absolute atomic E-state index is 12.2. The standard InChI is InChI=1S/C16H19NOS2/c18-20(11-13-6-2-1-3-7-13)12-15-10-19-16(17-15)14-8-4-5-9-14/h1-3,6-7,10,14H,4-5,8-9,11-12H2/t20-/m1/s1. The van der Waals surface area contributed by atoms with Crippen LogP contribution in [0, 0.1) is 0 Å². The van der Waals surface area contributed by atoms with Crippen LogP contribution in [-0.4, -0.2) is 9.19 Å². The lowest BCUT2D eigenvalue weighted by Gasteiger charge is -2.03. The topological polar surface area (TPSA) is 30.0 Å². The molecule has 0 amide bonds. The van der Waals surface area contributed by atoms with Gasteiger partial charge in [-0.3, -0.25) is 4.21 Å². The lowest BCUT2D eigenvalue weighted by atomic mass is 10.1. The minimum absolute atomic E-state index is 0.581. The molecular formula is C16H19NOS2. The van der Waals surface area contributed by atoms with Gasteiger partial charge in [-0.15, -0.1) is 11.3 Å². The van der Waals surface area contributed by atoms with Gasteiger partial charge in [0.1, 0.15) is 0 Å². The van der Waals surface area contributed by atoms with Crippen molar-refractivity contribution in [2.75, 3.05) is 0 Å². The van der Waals surface area contributed by atoms with Gasteiger partial charge >= 0.3 is 0 Å². The van der Waals surface area contributed by atoms with E-state index in [1.54, 1.807) is 11.3 Å². The Morgan fingerprint density at radius 2 is 1.90 bits per heavy atom. The third-order valence-electron chi connectivity index (χ3n) is 3.75. The molecule has 1 saturated carbocycles. The number of benzene rings is 1. The van der Waals surface area contributed by atoms with Crippen molar-refractivity contribution in [1.82, 2.24) is 4.98 Å². The van der Waals surface area contributed by atoms with E-state index in [2.05, 4.69) is 5.38 Å². The predicted molar refractivity (Wildman–Crippen MR) is 85.3 cm³/mol. The molecule has 1 atom stereocenters. The van der Waals surface area contributed by atoms with E-state index in [0.29, 0.717) is 17.4 Å². The summed E-state index contributed by atoms with van der Waals surface area (Å²) >= 11 is 1.75. The van der Waals surface area contributed by atoms with Crippen LogP contribution in [0.2, 0.25) is 0 Å². The average Bonchev–Trinajstić information content (AvgIpc) is 3.10. The molecule has 2 nitrogen and oxygen atoms in total. The van der Waals surface area contributed by atoms with Gasteiger partial charge in [0, 0.05) is 27.9 Å². The molecule has 0 bridgehead atoms. The molecule has 1 aliphatic rings. The summed E-state index contributed by atoms with van der Waals surface area (Å²) in [7, 11) is -0.866. The van der Waals surface area contributed by atoms with Crippen LogP contribution in [0.3, 0.4) is 0 Å². The highest BCUT2D eigenvalue weighted by Crippen LogP contribution is 2.35. The van der Waals surface area contributed by atoms with E-state index in [4.69, 9.17) is 4.98 Å². The maximum Gasteiger partial charge on any atom is 0.0959 e. The zero-order valence-electron chi connectivity index (χ0n) is 11.5. The van der Waals surface area contributed by atoms with Gasteiger partial charge in [-0.25, -0.2) is 4.98 Å². The summed E-state index contributed by atoms with van der Waals surface area (Å²) in [5.41, 5.74) is 2.14. The van der Waals surface area contributed by atoms with Crippen LogP contribution >= 0.6 is 11.3 Å². The van der Waals surface area contributed by atoms with E-state index >= 15 is 0 Å². The SMILES string of the molecule is O=[S@](Cc1ccccc1)Cc1csc(C2CCCC2)n1. The van der Waals surface area contributed by atoms with Gasteiger partial charge in [0.25, 0.3) is 0 Å². The number of hydrogen-bond acceptors (Lipinski definition) is 3. The molecule has 0 N–H and O–H groups in total. The van der Waals surface area contributed by atoms with Gasteiger partial charge in [-0.2, -0.15) is 0 Å². The largest absolute Gasteiger partial charge is 0.259 e. The Morgan fingerprint density at radius 3 is 2.65 bits per heavy atom. The molecule has 1 aromatic heterocycles. The van der Waals surface area contributed by atoms with Crippen LogP contribution in [0.5, 0.6) is 0 Å². The minimum Gasteiger partial charge on any atom is -0.259 e. The van der Waals surface area contributed by atoms with Crippen molar-refractivity contribution in [2.45, 2.75) is 43.1 Å². The molecule has 1 fully saturated rings. The molecule has 3 rings (SSSR count). The average molecular weight is 305 g/mol. The fourth-order valence-corrected chi connectivity index (χ4v) is 4.97. The van der Waals surface area contributed by atoms with Crippen molar-refractivity contribution in [1.29, 1.82) is 0 Å². The second-order valence-corrected chi connectivity index (χ2v) is 7.72. The first kappa shape index (κ1) is 14.0. The van der Waals surface area contributed by atoms with E-state index in [-0.39, 0.29) is 0 Å². The van der Waals surface area contributed by atoms with Gasteiger partial charge in [0.15, 0.2) is 0 Å². The van der Waals surface area contributed by atoms with E-state index in [0.717, 1.165) is 11.3 Å². The van der Waals surface area contributed by atoms with Gasteiger partial charge in [-0.1, -0.05) is 43.2 Å². The maximum atomic E-state index is 12.2. The summed E-state index contributed by atoms with van der Waals surface area (Å²) in [6.45, 7) is 0. The number of aromatic nitrogens is 1. The van der Waals surface area contributed by atoms with Gasteiger partial charge in [0.2, 0.25) is 0 Å². The van der Waals surface area contributed by atoms with Crippen LogP contribution in [-0.2, 0) is 22.3 Å². The molecule has 0 aliphatic heterocycles. The summed E-state index contributed by atoms with van der Waals surface area (Å²) in [6.07, 6.45) is 5.22. The third kappa shape index (κ3) is 3.55. The van der Waals surface area contributed by atoms with Crippen LogP contribution < -0.4 is 0 Å². The summed E-state index contributed by atoms with van der Waals surface area (Å²) in [5, 5.41) is 3.35. The molecule has 1 aromatic carbocycles. The molecule has 20 heavy (non-hydrogen) atoms. The first-order valence-electron chi connectivity index (χ1n) is 7.14.